The van der Waals surface area contributed by atoms with Crippen LogP contribution in [0.2, 0.25) is 0 Å². The summed E-state index contributed by atoms with van der Waals surface area (Å²) in [6, 6.07) is 8.41. The molecule has 104 valence electrons. The highest BCUT2D eigenvalue weighted by molar-refractivity contribution is 5.74. The van der Waals surface area contributed by atoms with E-state index in [9.17, 15) is 8.78 Å². The molecule has 0 aliphatic carbocycles. The van der Waals surface area contributed by atoms with E-state index >= 15 is 0 Å². The molecular formula is C15H13F2NO2. The van der Waals surface area contributed by atoms with Crippen LogP contribution >= 0.6 is 0 Å². The van der Waals surface area contributed by atoms with Crippen molar-refractivity contribution in [3.63, 3.8) is 0 Å². The van der Waals surface area contributed by atoms with Gasteiger partial charge in [-0.3, -0.25) is 0 Å². The second-order valence-electron chi connectivity index (χ2n) is 4.54. The van der Waals surface area contributed by atoms with Gasteiger partial charge in [0.1, 0.15) is 24.3 Å². The molecule has 0 bridgehead atoms. The van der Waals surface area contributed by atoms with Gasteiger partial charge in [0.15, 0.2) is 11.5 Å². The van der Waals surface area contributed by atoms with Gasteiger partial charge in [-0.1, -0.05) is 12.1 Å². The second kappa shape index (κ2) is 5.09. The van der Waals surface area contributed by atoms with Crippen LogP contribution in [0.25, 0.3) is 11.1 Å². The predicted molar refractivity (Wildman–Crippen MR) is 70.8 cm³/mol. The number of rotatable bonds is 2. The number of fused-ring (bicyclic) bond motifs is 1. The molecule has 5 heteroatoms. The molecule has 0 saturated heterocycles. The molecule has 0 saturated carbocycles. The Hall–Kier alpha value is -2.14. The van der Waals surface area contributed by atoms with Crippen molar-refractivity contribution in [2.45, 2.75) is 6.10 Å². The summed E-state index contributed by atoms with van der Waals surface area (Å²) in [6.45, 7) is 0.637. The van der Waals surface area contributed by atoms with Gasteiger partial charge in [0.25, 0.3) is 0 Å². The summed E-state index contributed by atoms with van der Waals surface area (Å²) in [5.41, 5.74) is 6.16. The molecule has 2 N–H and O–H groups in total. The molecule has 0 spiro atoms. The summed E-state index contributed by atoms with van der Waals surface area (Å²) in [7, 11) is 0. The molecule has 1 atom stereocenters. The molecule has 3 nitrogen and oxygen atoms in total. The van der Waals surface area contributed by atoms with Crippen LogP contribution in [-0.4, -0.2) is 19.3 Å². The molecule has 2 aromatic carbocycles. The lowest BCUT2D eigenvalue weighted by Crippen LogP contribution is -2.35. The molecule has 0 aromatic heterocycles. The normalized spacial score (nSPS) is 17.1. The Bertz CT molecular complexity index is 646. The van der Waals surface area contributed by atoms with Crippen LogP contribution in [0.3, 0.4) is 0 Å². The largest absolute Gasteiger partial charge is 0.486 e. The topological polar surface area (TPSA) is 44.5 Å². The molecule has 0 radical (unpaired) electrons. The standard InChI is InChI=1S/C15H13F2NO2/c16-9-4-5-13(17)12(6-9)11-2-1-3-14-15(11)20-10(7-18)8-19-14/h1-6,10H,7-8,18H2. The first-order chi connectivity index (χ1) is 9.69. The van der Waals surface area contributed by atoms with Gasteiger partial charge in [0.05, 0.1) is 0 Å². The Balaban J connectivity index is 2.13. The third-order valence-corrected chi connectivity index (χ3v) is 3.17. The van der Waals surface area contributed by atoms with Crippen LogP contribution in [0.5, 0.6) is 11.5 Å². The van der Waals surface area contributed by atoms with Gasteiger partial charge in [-0.05, 0) is 24.3 Å². The van der Waals surface area contributed by atoms with Crippen LogP contribution in [0.4, 0.5) is 8.78 Å². The summed E-state index contributed by atoms with van der Waals surface area (Å²) < 4.78 is 38.5. The van der Waals surface area contributed by atoms with Crippen molar-refractivity contribution in [1.29, 1.82) is 0 Å². The molecule has 1 unspecified atom stereocenters. The zero-order valence-corrected chi connectivity index (χ0v) is 10.6. The molecule has 1 aliphatic heterocycles. The van der Waals surface area contributed by atoms with E-state index in [-0.39, 0.29) is 11.7 Å². The average Bonchev–Trinajstić information content (AvgIpc) is 2.48. The van der Waals surface area contributed by atoms with E-state index in [4.69, 9.17) is 15.2 Å². The van der Waals surface area contributed by atoms with E-state index in [0.717, 1.165) is 18.2 Å². The van der Waals surface area contributed by atoms with Gasteiger partial charge in [0, 0.05) is 17.7 Å². The van der Waals surface area contributed by atoms with E-state index < -0.39 is 11.6 Å². The Morgan fingerprint density at radius 2 is 2.00 bits per heavy atom. The van der Waals surface area contributed by atoms with Crippen molar-refractivity contribution in [3.05, 3.63) is 48.0 Å². The summed E-state index contributed by atoms with van der Waals surface area (Å²) in [6.07, 6.45) is -0.291. The Labute approximate surface area is 114 Å². The monoisotopic (exact) mass is 277 g/mol. The van der Waals surface area contributed by atoms with Gasteiger partial charge < -0.3 is 15.2 Å². The maximum Gasteiger partial charge on any atom is 0.169 e. The number of hydrogen-bond acceptors (Lipinski definition) is 3. The second-order valence-corrected chi connectivity index (χ2v) is 4.54. The number of halogens is 2. The zero-order valence-electron chi connectivity index (χ0n) is 10.6. The van der Waals surface area contributed by atoms with Gasteiger partial charge in [-0.15, -0.1) is 0 Å². The number of ether oxygens (including phenoxy) is 2. The third-order valence-electron chi connectivity index (χ3n) is 3.17. The molecule has 20 heavy (non-hydrogen) atoms. The molecule has 0 amide bonds. The van der Waals surface area contributed by atoms with E-state index in [2.05, 4.69) is 0 Å². The first-order valence-corrected chi connectivity index (χ1v) is 6.27. The highest BCUT2D eigenvalue weighted by Crippen LogP contribution is 2.41. The van der Waals surface area contributed by atoms with Crippen LogP contribution in [0.15, 0.2) is 36.4 Å². The summed E-state index contributed by atoms with van der Waals surface area (Å²) in [4.78, 5) is 0. The summed E-state index contributed by atoms with van der Waals surface area (Å²) in [5, 5.41) is 0. The fourth-order valence-corrected chi connectivity index (χ4v) is 2.17. The van der Waals surface area contributed by atoms with Gasteiger partial charge in [-0.2, -0.15) is 0 Å². The first-order valence-electron chi connectivity index (χ1n) is 6.27. The minimum Gasteiger partial charge on any atom is -0.486 e. The molecule has 1 heterocycles. The number of hydrogen-bond donors (Lipinski definition) is 1. The Kier molecular flexibility index (Phi) is 3.28. The number of para-hydroxylation sites is 1. The van der Waals surface area contributed by atoms with Crippen molar-refractivity contribution in [1.82, 2.24) is 0 Å². The maximum atomic E-state index is 13.9. The lowest BCUT2D eigenvalue weighted by molar-refractivity contribution is 0.0976. The minimum atomic E-state index is -0.515. The van der Waals surface area contributed by atoms with Crippen molar-refractivity contribution < 1.29 is 18.3 Å². The van der Waals surface area contributed by atoms with Gasteiger partial charge >= 0.3 is 0 Å². The smallest absolute Gasteiger partial charge is 0.169 e. The van der Waals surface area contributed by atoms with E-state index in [1.54, 1.807) is 18.2 Å². The SMILES string of the molecule is NCC1COc2cccc(-c3cc(F)ccc3F)c2O1. The summed E-state index contributed by atoms with van der Waals surface area (Å²) >= 11 is 0. The fraction of sp³-hybridized carbons (Fsp3) is 0.200. The third kappa shape index (κ3) is 2.20. The number of benzene rings is 2. The lowest BCUT2D eigenvalue weighted by atomic mass is 10.0. The van der Waals surface area contributed by atoms with Crippen molar-refractivity contribution in [2.75, 3.05) is 13.2 Å². The van der Waals surface area contributed by atoms with Crippen LogP contribution < -0.4 is 15.2 Å². The minimum absolute atomic E-state index is 0.142. The molecule has 3 rings (SSSR count). The fourth-order valence-electron chi connectivity index (χ4n) is 2.17. The predicted octanol–water partition coefficient (Wildman–Crippen LogP) is 2.73. The van der Waals surface area contributed by atoms with Crippen LogP contribution in [0, 0.1) is 11.6 Å². The molecule has 1 aliphatic rings. The number of nitrogens with two attached hydrogens (primary N) is 1. The zero-order chi connectivity index (χ0) is 14.1. The molecular weight excluding hydrogens is 264 g/mol. The first kappa shape index (κ1) is 12.9. The molecule has 0 fully saturated rings. The average molecular weight is 277 g/mol. The van der Waals surface area contributed by atoms with Crippen molar-refractivity contribution in [2.24, 2.45) is 5.73 Å². The van der Waals surface area contributed by atoms with E-state index in [1.165, 1.54) is 0 Å². The van der Waals surface area contributed by atoms with Crippen LogP contribution in [-0.2, 0) is 0 Å². The lowest BCUT2D eigenvalue weighted by Gasteiger charge is -2.27. The molecule has 2 aromatic rings. The quantitative estimate of drug-likeness (QED) is 0.918. The highest BCUT2D eigenvalue weighted by Gasteiger charge is 2.24. The van der Waals surface area contributed by atoms with Gasteiger partial charge in [0.2, 0.25) is 0 Å². The van der Waals surface area contributed by atoms with Crippen LogP contribution in [0.1, 0.15) is 0 Å². The van der Waals surface area contributed by atoms with Crippen molar-refractivity contribution >= 4 is 0 Å². The summed E-state index contributed by atoms with van der Waals surface area (Å²) in [5.74, 6) is -0.112. The Morgan fingerprint density at radius 3 is 2.80 bits per heavy atom. The van der Waals surface area contributed by atoms with E-state index in [0.29, 0.717) is 30.2 Å². The van der Waals surface area contributed by atoms with Crippen molar-refractivity contribution in [3.8, 4) is 22.6 Å². The van der Waals surface area contributed by atoms with Gasteiger partial charge in [-0.25, -0.2) is 8.78 Å². The maximum absolute atomic E-state index is 13.9. The van der Waals surface area contributed by atoms with E-state index in [1.807, 2.05) is 0 Å². The Morgan fingerprint density at radius 1 is 1.15 bits per heavy atom. The highest BCUT2D eigenvalue weighted by atomic mass is 19.1.